The Bertz CT molecular complexity index is 757. The molecule has 4 rings (SSSR count). The molecule has 3 aromatic heterocycles. The van der Waals surface area contributed by atoms with Crippen molar-refractivity contribution in [1.82, 2.24) is 29.5 Å². The van der Waals surface area contributed by atoms with Crippen molar-refractivity contribution in [3.05, 3.63) is 55.3 Å². The second kappa shape index (κ2) is 6.12. The highest BCUT2D eigenvalue weighted by atomic mass is 15.3. The first-order chi connectivity index (χ1) is 11.4. The van der Waals surface area contributed by atoms with Gasteiger partial charge in [-0.25, -0.2) is 19.9 Å². The Kier molecular flexibility index (Phi) is 3.67. The van der Waals surface area contributed by atoms with Gasteiger partial charge in [-0.3, -0.25) is 9.55 Å². The molecule has 1 aliphatic heterocycles. The van der Waals surface area contributed by atoms with Gasteiger partial charge in [0, 0.05) is 50.0 Å². The Labute approximate surface area is 134 Å². The van der Waals surface area contributed by atoms with Crippen molar-refractivity contribution >= 4 is 5.95 Å². The molecular weight excluding hydrogens is 290 g/mol. The fourth-order valence-corrected chi connectivity index (χ4v) is 2.94. The van der Waals surface area contributed by atoms with Gasteiger partial charge in [-0.15, -0.1) is 0 Å². The Morgan fingerprint density at radius 2 is 1.96 bits per heavy atom. The van der Waals surface area contributed by atoms with Crippen molar-refractivity contribution in [2.24, 2.45) is 0 Å². The minimum absolute atomic E-state index is 0.337. The summed E-state index contributed by atoms with van der Waals surface area (Å²) in [4.78, 5) is 24.1. The van der Waals surface area contributed by atoms with Crippen LogP contribution in [0.5, 0.6) is 0 Å². The highest BCUT2D eigenvalue weighted by Crippen LogP contribution is 2.27. The molecule has 0 aromatic carbocycles. The van der Waals surface area contributed by atoms with Crippen molar-refractivity contribution in [2.45, 2.75) is 18.8 Å². The molecule has 0 spiro atoms. The van der Waals surface area contributed by atoms with E-state index in [1.807, 2.05) is 23.0 Å². The van der Waals surface area contributed by atoms with Crippen molar-refractivity contribution in [1.29, 1.82) is 0 Å². The lowest BCUT2D eigenvalue weighted by Gasteiger charge is -2.32. The Balaban J connectivity index is 1.57. The van der Waals surface area contributed by atoms with Crippen LogP contribution in [0.2, 0.25) is 0 Å². The van der Waals surface area contributed by atoms with Gasteiger partial charge < -0.3 is 4.90 Å². The van der Waals surface area contributed by atoms with Gasteiger partial charge in [0.1, 0.15) is 6.33 Å². The first-order valence-electron chi connectivity index (χ1n) is 7.72. The smallest absolute Gasteiger partial charge is 0.225 e. The minimum Gasteiger partial charge on any atom is -0.340 e. The molecule has 4 heterocycles. The van der Waals surface area contributed by atoms with E-state index in [-0.39, 0.29) is 0 Å². The van der Waals surface area contributed by atoms with Gasteiger partial charge in [-0.1, -0.05) is 0 Å². The molecule has 7 heteroatoms. The van der Waals surface area contributed by atoms with Crippen molar-refractivity contribution < 1.29 is 0 Å². The summed E-state index contributed by atoms with van der Waals surface area (Å²) in [5, 5.41) is 0. The van der Waals surface area contributed by atoms with Gasteiger partial charge in [-0.2, -0.15) is 0 Å². The molecule has 0 N–H and O–H groups in total. The number of aromatic nitrogens is 6. The third kappa shape index (κ3) is 2.90. The normalized spacial score (nSPS) is 18.1. The van der Waals surface area contributed by atoms with E-state index in [4.69, 9.17) is 4.98 Å². The molecule has 1 aliphatic rings. The van der Waals surface area contributed by atoms with Gasteiger partial charge in [0.05, 0.1) is 11.9 Å². The summed E-state index contributed by atoms with van der Waals surface area (Å²) in [5.41, 5.74) is 1.01. The fourth-order valence-electron chi connectivity index (χ4n) is 2.94. The fraction of sp³-hybridized carbons (Fsp3) is 0.312. The van der Waals surface area contributed by atoms with E-state index in [1.165, 1.54) is 0 Å². The highest BCUT2D eigenvalue weighted by Gasteiger charge is 2.24. The lowest BCUT2D eigenvalue weighted by atomic mass is 9.95. The van der Waals surface area contributed by atoms with E-state index in [2.05, 4.69) is 24.8 Å². The maximum atomic E-state index is 4.76. The topological polar surface area (TPSA) is 72.6 Å². The predicted octanol–water partition coefficient (Wildman–Crippen LogP) is 1.84. The van der Waals surface area contributed by atoms with Crippen LogP contribution in [0.15, 0.2) is 49.6 Å². The van der Waals surface area contributed by atoms with Gasteiger partial charge in [0.2, 0.25) is 5.95 Å². The zero-order chi connectivity index (χ0) is 15.5. The van der Waals surface area contributed by atoms with Crippen molar-refractivity contribution in [2.75, 3.05) is 18.0 Å². The molecule has 0 amide bonds. The molecule has 0 saturated carbocycles. The van der Waals surface area contributed by atoms with Crippen LogP contribution < -0.4 is 4.90 Å². The second-order valence-corrected chi connectivity index (χ2v) is 5.61. The minimum atomic E-state index is 0.337. The molecule has 0 aliphatic carbocycles. The van der Waals surface area contributed by atoms with Gasteiger partial charge in [-0.05, 0) is 18.9 Å². The quantitative estimate of drug-likeness (QED) is 0.735. The number of hydrogen-bond acceptors (Lipinski definition) is 6. The van der Waals surface area contributed by atoms with Crippen LogP contribution in [-0.4, -0.2) is 42.6 Å². The molecule has 23 heavy (non-hydrogen) atoms. The molecule has 1 saturated heterocycles. The zero-order valence-electron chi connectivity index (χ0n) is 12.7. The van der Waals surface area contributed by atoms with Crippen molar-refractivity contribution in [3.8, 4) is 5.82 Å². The molecule has 0 radical (unpaired) electrons. The average Bonchev–Trinajstić information content (AvgIpc) is 3.18. The van der Waals surface area contributed by atoms with Crippen molar-refractivity contribution in [3.63, 3.8) is 0 Å². The summed E-state index contributed by atoms with van der Waals surface area (Å²) >= 11 is 0. The molecule has 0 unspecified atom stereocenters. The van der Waals surface area contributed by atoms with E-state index < -0.39 is 0 Å². The summed E-state index contributed by atoms with van der Waals surface area (Å²) < 4.78 is 1.87. The number of rotatable bonds is 3. The first-order valence-corrected chi connectivity index (χ1v) is 7.72. The SMILES string of the molecule is c1cnc(N2CCC[C@@H](c3cncc(-n4ccnc4)n3)C2)nc1. The molecule has 1 fully saturated rings. The van der Waals surface area contributed by atoms with Crippen LogP contribution in [0, 0.1) is 0 Å². The second-order valence-electron chi connectivity index (χ2n) is 5.61. The number of piperidine rings is 1. The molecule has 0 bridgehead atoms. The summed E-state index contributed by atoms with van der Waals surface area (Å²) in [5.74, 6) is 1.92. The summed E-state index contributed by atoms with van der Waals surface area (Å²) in [6.07, 6.45) is 14.7. The third-order valence-corrected chi connectivity index (χ3v) is 4.08. The summed E-state index contributed by atoms with van der Waals surface area (Å²) in [6, 6.07) is 1.84. The molecule has 3 aromatic rings. The largest absolute Gasteiger partial charge is 0.340 e. The summed E-state index contributed by atoms with van der Waals surface area (Å²) in [7, 11) is 0. The average molecular weight is 307 g/mol. The maximum Gasteiger partial charge on any atom is 0.225 e. The van der Waals surface area contributed by atoms with Crippen LogP contribution in [0.1, 0.15) is 24.5 Å². The summed E-state index contributed by atoms with van der Waals surface area (Å²) in [6.45, 7) is 1.85. The Morgan fingerprint density at radius 3 is 2.78 bits per heavy atom. The molecule has 116 valence electrons. The van der Waals surface area contributed by atoms with Gasteiger partial charge in [0.15, 0.2) is 5.82 Å². The number of hydrogen-bond donors (Lipinski definition) is 0. The third-order valence-electron chi connectivity index (χ3n) is 4.08. The van der Waals surface area contributed by atoms with Crippen LogP contribution in [0.25, 0.3) is 5.82 Å². The van der Waals surface area contributed by atoms with E-state index in [0.717, 1.165) is 43.4 Å². The molecule has 7 nitrogen and oxygen atoms in total. The van der Waals surface area contributed by atoms with Crippen LogP contribution in [0.4, 0.5) is 5.95 Å². The van der Waals surface area contributed by atoms with Gasteiger partial charge in [0.25, 0.3) is 0 Å². The van der Waals surface area contributed by atoms with Crippen LogP contribution in [-0.2, 0) is 0 Å². The van der Waals surface area contributed by atoms with E-state index in [1.54, 1.807) is 31.1 Å². The predicted molar refractivity (Wildman–Crippen MR) is 85.4 cm³/mol. The van der Waals surface area contributed by atoms with E-state index >= 15 is 0 Å². The monoisotopic (exact) mass is 307 g/mol. The lowest BCUT2D eigenvalue weighted by Crippen LogP contribution is -2.35. The standard InChI is InChI=1S/C16H17N7/c1-3-13(11-22(7-1)16-19-4-2-5-20-16)14-9-18-10-15(21-14)23-8-6-17-12-23/h2,4-6,8-10,12-13H,1,3,7,11H2/t13-/m1/s1. The van der Waals surface area contributed by atoms with E-state index in [0.29, 0.717) is 5.92 Å². The Hall–Kier alpha value is -2.83. The first kappa shape index (κ1) is 13.8. The van der Waals surface area contributed by atoms with Crippen LogP contribution in [0.3, 0.4) is 0 Å². The maximum absolute atomic E-state index is 4.76. The number of nitrogens with zero attached hydrogens (tertiary/aromatic N) is 7. The van der Waals surface area contributed by atoms with E-state index in [9.17, 15) is 0 Å². The van der Waals surface area contributed by atoms with Gasteiger partial charge >= 0.3 is 0 Å². The number of anilines is 1. The molecular formula is C16H17N7. The van der Waals surface area contributed by atoms with Crippen LogP contribution >= 0.6 is 0 Å². The zero-order valence-corrected chi connectivity index (χ0v) is 12.7. The lowest BCUT2D eigenvalue weighted by molar-refractivity contribution is 0.493. The molecule has 1 atom stereocenters. The Morgan fingerprint density at radius 1 is 1.04 bits per heavy atom. The highest BCUT2D eigenvalue weighted by molar-refractivity contribution is 5.31. The number of imidazole rings is 1.